The van der Waals surface area contributed by atoms with Gasteiger partial charge in [-0.15, -0.1) is 0 Å². The van der Waals surface area contributed by atoms with Crippen LogP contribution in [0.3, 0.4) is 0 Å². The first-order chi connectivity index (χ1) is 6.23. The minimum Gasteiger partial charge on any atom is -0.287 e. The number of hydrogen-bond donors (Lipinski definition) is 0. The highest BCUT2D eigenvalue weighted by atomic mass is 127. The summed E-state index contributed by atoms with van der Waals surface area (Å²) in [5.74, 6) is 0.0341. The van der Waals surface area contributed by atoms with Gasteiger partial charge in [-0.1, -0.05) is 20.8 Å². The van der Waals surface area contributed by atoms with Crippen LogP contribution in [0, 0.1) is 16.7 Å². The van der Waals surface area contributed by atoms with Gasteiger partial charge in [-0.05, 0) is 40.8 Å². The Morgan fingerprint density at radius 2 is 1.71 bits per heavy atom. The molecule has 0 heterocycles. The lowest BCUT2D eigenvalue weighted by Crippen LogP contribution is -2.39. The average Bonchev–Trinajstić information content (AvgIpc) is 2.24. The van der Waals surface area contributed by atoms with E-state index in [0.29, 0.717) is 0 Å². The van der Waals surface area contributed by atoms with Crippen molar-refractivity contribution in [1.82, 2.24) is 0 Å². The first kappa shape index (κ1) is 12.9. The molecule has 0 bridgehead atoms. The van der Waals surface area contributed by atoms with Crippen LogP contribution in [0.15, 0.2) is 0 Å². The zero-order valence-corrected chi connectivity index (χ0v) is 12.9. The molecule has 0 amide bonds. The van der Waals surface area contributed by atoms with Crippen LogP contribution in [-0.4, -0.2) is 7.58 Å². The van der Waals surface area contributed by atoms with Gasteiger partial charge in [0.05, 0.1) is 0 Å². The molecule has 2 atom stereocenters. The molecular formula is C10H14I2O2. The molecule has 0 aromatic heterocycles. The molecule has 80 valence electrons. The predicted molar refractivity (Wildman–Crippen MR) is 72.7 cm³/mol. The summed E-state index contributed by atoms with van der Waals surface area (Å²) in [6, 6.07) is 0. The molecule has 1 rings (SSSR count). The molecule has 4 heteroatoms. The van der Waals surface area contributed by atoms with Crippen molar-refractivity contribution in [2.75, 3.05) is 0 Å². The van der Waals surface area contributed by atoms with E-state index in [-0.39, 0.29) is 24.3 Å². The van der Waals surface area contributed by atoms with Crippen molar-refractivity contribution in [2.45, 2.75) is 33.6 Å². The van der Waals surface area contributed by atoms with E-state index in [1.54, 1.807) is 0 Å². The first-order valence-electron chi connectivity index (χ1n) is 4.63. The molecule has 14 heavy (non-hydrogen) atoms. The van der Waals surface area contributed by atoms with E-state index in [0.717, 1.165) is 12.8 Å². The lowest BCUT2D eigenvalue weighted by Gasteiger charge is -2.38. The van der Waals surface area contributed by atoms with Gasteiger partial charge in [-0.25, -0.2) is 0 Å². The number of halogens is 2. The second-order valence-electron chi connectivity index (χ2n) is 4.72. The molecule has 0 N–H and O–H groups in total. The van der Waals surface area contributed by atoms with Crippen molar-refractivity contribution in [3.8, 4) is 0 Å². The van der Waals surface area contributed by atoms with Crippen LogP contribution in [0.2, 0.25) is 0 Å². The molecule has 1 aliphatic rings. The van der Waals surface area contributed by atoms with Gasteiger partial charge >= 0.3 is 0 Å². The molecule has 1 saturated carbocycles. The predicted octanol–water partition coefficient (Wildman–Crippen LogP) is 3.35. The van der Waals surface area contributed by atoms with Crippen molar-refractivity contribution in [2.24, 2.45) is 16.7 Å². The van der Waals surface area contributed by atoms with Crippen molar-refractivity contribution in [1.29, 1.82) is 0 Å². The van der Waals surface area contributed by atoms with Crippen molar-refractivity contribution in [3.63, 3.8) is 0 Å². The van der Waals surface area contributed by atoms with E-state index in [1.165, 1.54) is 0 Å². The van der Waals surface area contributed by atoms with E-state index in [1.807, 2.05) is 66.0 Å². The summed E-state index contributed by atoms with van der Waals surface area (Å²) in [6.07, 6.45) is 1.68. The van der Waals surface area contributed by atoms with Crippen LogP contribution < -0.4 is 0 Å². The van der Waals surface area contributed by atoms with Gasteiger partial charge in [0.25, 0.3) is 0 Å². The Morgan fingerprint density at radius 1 is 1.21 bits per heavy atom. The van der Waals surface area contributed by atoms with E-state index in [4.69, 9.17) is 0 Å². The van der Waals surface area contributed by atoms with Crippen LogP contribution in [0.1, 0.15) is 33.6 Å². The second kappa shape index (κ2) is 3.99. The molecule has 1 fully saturated rings. The van der Waals surface area contributed by atoms with Crippen LogP contribution >= 0.6 is 45.2 Å². The highest BCUT2D eigenvalue weighted by molar-refractivity contribution is 14.1. The Hall–Kier alpha value is 0.800. The Labute approximate surface area is 112 Å². The molecule has 2 unspecified atom stereocenters. The number of hydrogen-bond acceptors (Lipinski definition) is 2. The topological polar surface area (TPSA) is 34.1 Å². The number of carbonyl (C=O) groups is 2. The summed E-state index contributed by atoms with van der Waals surface area (Å²) >= 11 is 3.72. The minimum atomic E-state index is -0.334. The fourth-order valence-corrected chi connectivity index (χ4v) is 4.30. The Kier molecular flexibility index (Phi) is 3.67. The van der Waals surface area contributed by atoms with Gasteiger partial charge in [0.1, 0.15) is 0 Å². The Morgan fingerprint density at radius 3 is 1.93 bits per heavy atom. The molecule has 0 aliphatic heterocycles. The molecule has 0 aromatic rings. The van der Waals surface area contributed by atoms with Crippen LogP contribution in [-0.2, 0) is 9.59 Å². The molecule has 1 aliphatic carbocycles. The fraction of sp³-hybridized carbons (Fsp3) is 0.800. The third-order valence-electron chi connectivity index (χ3n) is 3.93. The van der Waals surface area contributed by atoms with E-state index in [2.05, 4.69) is 0 Å². The van der Waals surface area contributed by atoms with Gasteiger partial charge < -0.3 is 0 Å². The van der Waals surface area contributed by atoms with Gasteiger partial charge in [-0.2, -0.15) is 0 Å². The van der Waals surface area contributed by atoms with Gasteiger partial charge in [0, 0.05) is 33.9 Å². The summed E-state index contributed by atoms with van der Waals surface area (Å²) in [4.78, 5) is 23.1. The van der Waals surface area contributed by atoms with E-state index >= 15 is 0 Å². The molecule has 0 aromatic carbocycles. The summed E-state index contributed by atoms with van der Waals surface area (Å²) in [7, 11) is 0. The fourth-order valence-electron chi connectivity index (χ4n) is 2.25. The summed E-state index contributed by atoms with van der Waals surface area (Å²) in [6.45, 7) is 6.07. The highest BCUT2D eigenvalue weighted by Crippen LogP contribution is 2.57. The quantitative estimate of drug-likeness (QED) is 0.508. The Balaban J connectivity index is 3.08. The zero-order valence-electron chi connectivity index (χ0n) is 8.56. The lowest BCUT2D eigenvalue weighted by atomic mass is 9.67. The summed E-state index contributed by atoms with van der Waals surface area (Å²) in [5, 5.41) is 0. The molecule has 0 spiro atoms. The monoisotopic (exact) mass is 420 g/mol. The maximum atomic E-state index is 11.6. The van der Waals surface area contributed by atoms with E-state index in [9.17, 15) is 9.59 Å². The maximum Gasteiger partial charge on any atom is 0.198 e. The van der Waals surface area contributed by atoms with Crippen molar-refractivity contribution >= 4 is 52.8 Å². The standard InChI is InChI=1S/C10H14I2O2/c1-9(2)6(7(11)13)4-5-10(9,3)8(12)14/h6H,4-5H2,1-3H3. The lowest BCUT2D eigenvalue weighted by molar-refractivity contribution is -0.124. The number of carbonyl (C=O) groups excluding carboxylic acids is 2. The molecule has 0 saturated heterocycles. The SMILES string of the molecule is CC1(C(=O)I)CCC(C(=O)I)C1(C)C. The number of rotatable bonds is 2. The van der Waals surface area contributed by atoms with Crippen LogP contribution in [0.4, 0.5) is 0 Å². The van der Waals surface area contributed by atoms with Crippen molar-refractivity contribution < 1.29 is 9.59 Å². The summed E-state index contributed by atoms with van der Waals surface area (Å²) < 4.78 is 0.370. The normalized spacial score (nSPS) is 35.6. The largest absolute Gasteiger partial charge is 0.287 e. The second-order valence-corrected chi connectivity index (χ2v) is 6.77. The molecular weight excluding hydrogens is 406 g/mol. The minimum absolute atomic E-state index is 0.0341. The Bertz CT molecular complexity index is 286. The van der Waals surface area contributed by atoms with Gasteiger partial charge in [0.2, 0.25) is 0 Å². The third kappa shape index (κ3) is 1.76. The van der Waals surface area contributed by atoms with Crippen LogP contribution in [0.25, 0.3) is 0 Å². The smallest absolute Gasteiger partial charge is 0.198 e. The first-order valence-corrected chi connectivity index (χ1v) is 6.78. The zero-order chi connectivity index (χ0) is 11.1. The van der Waals surface area contributed by atoms with Crippen LogP contribution in [0.5, 0.6) is 0 Å². The maximum absolute atomic E-state index is 11.6. The molecule has 0 radical (unpaired) electrons. The summed E-state index contributed by atoms with van der Waals surface area (Å²) in [5.41, 5.74) is -0.539. The third-order valence-corrected chi connectivity index (χ3v) is 5.88. The van der Waals surface area contributed by atoms with Gasteiger partial charge in [-0.3, -0.25) is 9.59 Å². The van der Waals surface area contributed by atoms with Crippen molar-refractivity contribution in [3.05, 3.63) is 0 Å². The van der Waals surface area contributed by atoms with Gasteiger partial charge in [0.15, 0.2) is 7.58 Å². The molecule has 2 nitrogen and oxygen atoms in total. The average molecular weight is 420 g/mol. The highest BCUT2D eigenvalue weighted by Gasteiger charge is 2.56. The van der Waals surface area contributed by atoms with E-state index < -0.39 is 0 Å².